The third-order valence-corrected chi connectivity index (χ3v) is 4.59. The molecule has 1 heterocycles. The van der Waals surface area contributed by atoms with E-state index in [1.165, 1.54) is 12.1 Å². The summed E-state index contributed by atoms with van der Waals surface area (Å²) >= 11 is -0.800. The number of halogens is 2. The second-order valence-electron chi connectivity index (χ2n) is 2.75. The molecule has 0 unspecified atom stereocenters. The van der Waals surface area contributed by atoms with E-state index in [4.69, 9.17) is 0 Å². The minimum absolute atomic E-state index is 0.472. The molecule has 0 aliphatic rings. The van der Waals surface area contributed by atoms with Crippen molar-refractivity contribution in [2.75, 3.05) is 0 Å². The van der Waals surface area contributed by atoms with E-state index >= 15 is 0 Å². The molecule has 2 aromatic rings. The van der Waals surface area contributed by atoms with Gasteiger partial charge in [0.25, 0.3) is 0 Å². The van der Waals surface area contributed by atoms with Crippen molar-refractivity contribution in [3.63, 3.8) is 0 Å². The van der Waals surface area contributed by atoms with Gasteiger partial charge in [0.2, 0.25) is 0 Å². The van der Waals surface area contributed by atoms with Crippen LogP contribution in [0.25, 0.3) is 0 Å². The van der Waals surface area contributed by atoms with Crippen molar-refractivity contribution in [1.29, 1.82) is 0 Å². The number of hydrogen-bond donors (Lipinski definition) is 0. The summed E-state index contributed by atoms with van der Waals surface area (Å²) in [5.41, 5.74) is 0. The summed E-state index contributed by atoms with van der Waals surface area (Å²) in [6, 6.07) is 9.25. The Morgan fingerprint density at radius 1 is 1.07 bits per heavy atom. The third-order valence-electron chi connectivity index (χ3n) is 1.65. The van der Waals surface area contributed by atoms with Crippen LogP contribution in [-0.4, -0.2) is 4.98 Å². The van der Waals surface area contributed by atoms with Gasteiger partial charge in [-0.2, -0.15) is 0 Å². The number of nitrogens with zero attached hydrogens (tertiary/aromatic N) is 1. The van der Waals surface area contributed by atoms with Crippen molar-refractivity contribution in [2.45, 2.75) is 0 Å². The van der Waals surface area contributed by atoms with Crippen LogP contribution in [0.2, 0.25) is 0 Å². The number of aromatic nitrogens is 1. The fourth-order valence-corrected chi connectivity index (χ4v) is 3.29. The van der Waals surface area contributed by atoms with Crippen LogP contribution in [0.5, 0.6) is 0 Å². The first-order chi connectivity index (χ1) is 7.25. The van der Waals surface area contributed by atoms with E-state index in [1.54, 1.807) is 6.20 Å². The average Bonchev–Trinajstić information content (AvgIpc) is 2.24. The summed E-state index contributed by atoms with van der Waals surface area (Å²) in [6.07, 6.45) is 1.68. The third kappa shape index (κ3) is 2.67. The number of pyridine rings is 1. The Morgan fingerprint density at radius 3 is 2.60 bits per heavy atom. The Hall–Kier alpha value is -1.12. The van der Waals surface area contributed by atoms with Crippen LogP contribution in [0, 0.1) is 11.6 Å². The molecule has 0 radical (unpaired) electrons. The van der Waals surface area contributed by atoms with Crippen molar-refractivity contribution in [2.24, 2.45) is 0 Å². The molecule has 0 saturated heterocycles. The monoisotopic (exact) mass is 384 g/mol. The molecule has 4 heteroatoms. The summed E-state index contributed by atoms with van der Waals surface area (Å²) in [7, 11) is 0. The number of benzene rings is 1. The molecule has 79 valence electrons. The summed E-state index contributed by atoms with van der Waals surface area (Å²) in [5.74, 6) is -1.01. The second-order valence-corrected chi connectivity index (χ2v) is 5.86. The molecule has 0 amide bonds. The van der Waals surface area contributed by atoms with Crippen LogP contribution in [0.1, 0.15) is 0 Å². The minimum atomic E-state index is -0.800. The molecule has 0 fully saturated rings. The maximum atomic E-state index is 13.3. The summed E-state index contributed by atoms with van der Waals surface area (Å²) in [4.78, 5) is 4.13. The predicted molar refractivity (Wildman–Crippen MR) is 49.9 cm³/mol. The standard InChI is InChI=1S/C6H3F2.C5H4N.Ir/c7-5-2-1-3-6(8)4-5;1-2-4-6-5-3-1;/h1-2,4H;1-4H;. The van der Waals surface area contributed by atoms with E-state index < -0.39 is 29.3 Å². The Labute approximate surface area is 94.1 Å². The van der Waals surface area contributed by atoms with E-state index in [-0.39, 0.29) is 0 Å². The van der Waals surface area contributed by atoms with Crippen molar-refractivity contribution in [3.8, 4) is 0 Å². The number of rotatable bonds is 2. The summed E-state index contributed by atoms with van der Waals surface area (Å²) in [5, 5.41) is 0. The van der Waals surface area contributed by atoms with Crippen molar-refractivity contribution < 1.29 is 26.5 Å². The van der Waals surface area contributed by atoms with Gasteiger partial charge in [-0.05, 0) is 0 Å². The van der Waals surface area contributed by atoms with Gasteiger partial charge in [-0.1, -0.05) is 0 Å². The average molecular weight is 383 g/mol. The molecule has 0 atom stereocenters. The molecule has 2 rings (SSSR count). The number of hydrogen-bond acceptors (Lipinski definition) is 1. The molecule has 1 aromatic carbocycles. The van der Waals surface area contributed by atoms with Crippen molar-refractivity contribution >= 4 is 8.29 Å². The molecule has 0 saturated carbocycles. The summed E-state index contributed by atoms with van der Waals surface area (Å²) < 4.78 is 27.4. The van der Waals surface area contributed by atoms with Crippen LogP contribution in [-0.2, 0) is 17.7 Å². The Balaban J connectivity index is 2.25. The van der Waals surface area contributed by atoms with Gasteiger partial charge in [0, 0.05) is 0 Å². The molecular weight excluding hydrogens is 376 g/mol. The van der Waals surface area contributed by atoms with Gasteiger partial charge in [-0.25, -0.2) is 0 Å². The fourth-order valence-electron chi connectivity index (χ4n) is 1.01. The van der Waals surface area contributed by atoms with Gasteiger partial charge in [0.05, 0.1) is 0 Å². The topological polar surface area (TPSA) is 12.9 Å². The van der Waals surface area contributed by atoms with Gasteiger partial charge < -0.3 is 0 Å². The molecule has 0 spiro atoms. The molecule has 1 aromatic heterocycles. The first kappa shape index (κ1) is 10.4. The van der Waals surface area contributed by atoms with Gasteiger partial charge in [0.15, 0.2) is 0 Å². The van der Waals surface area contributed by atoms with Gasteiger partial charge in [0.1, 0.15) is 0 Å². The van der Waals surface area contributed by atoms with Crippen LogP contribution < -0.4 is 8.29 Å². The zero-order chi connectivity index (χ0) is 10.7. The van der Waals surface area contributed by atoms with Gasteiger partial charge in [-0.15, -0.1) is 0 Å². The maximum absolute atomic E-state index is 13.3. The van der Waals surface area contributed by atoms with Crippen LogP contribution >= 0.6 is 0 Å². The second kappa shape index (κ2) is 4.60. The first-order valence-corrected chi connectivity index (χ1v) is 6.61. The quantitative estimate of drug-likeness (QED) is 0.764. The zero-order valence-electron chi connectivity index (χ0n) is 7.58. The Bertz CT molecular complexity index is 459. The predicted octanol–water partition coefficient (Wildman–Crippen LogP) is 1.39. The first-order valence-electron chi connectivity index (χ1n) is 4.22. The van der Waals surface area contributed by atoms with E-state index in [2.05, 4.69) is 4.98 Å². The van der Waals surface area contributed by atoms with Crippen molar-refractivity contribution in [1.82, 2.24) is 4.98 Å². The SMILES string of the molecule is Fc1cc[c]([Ir][c]2ccccn2)c(F)c1. The van der Waals surface area contributed by atoms with Crippen molar-refractivity contribution in [3.05, 3.63) is 54.2 Å². The molecule has 1 nitrogen and oxygen atoms in total. The molecule has 0 N–H and O–H groups in total. The molecule has 0 aliphatic carbocycles. The molecule has 15 heavy (non-hydrogen) atoms. The Kier molecular flexibility index (Phi) is 3.19. The summed E-state index contributed by atoms with van der Waals surface area (Å²) in [6.45, 7) is 0. The van der Waals surface area contributed by atoms with E-state index in [0.717, 1.165) is 10.3 Å². The fraction of sp³-hybridized carbons (Fsp3) is 0. The van der Waals surface area contributed by atoms with Gasteiger partial charge >= 0.3 is 94.0 Å². The Morgan fingerprint density at radius 2 is 1.93 bits per heavy atom. The zero-order valence-corrected chi connectivity index (χ0v) is 9.97. The molecular formula is C11H7F2IrN. The van der Waals surface area contributed by atoms with E-state index in [0.29, 0.717) is 4.08 Å². The van der Waals surface area contributed by atoms with Crippen LogP contribution in [0.4, 0.5) is 8.78 Å². The van der Waals surface area contributed by atoms with E-state index in [9.17, 15) is 8.78 Å². The molecule has 0 bridgehead atoms. The van der Waals surface area contributed by atoms with Gasteiger partial charge in [-0.3, -0.25) is 0 Å². The van der Waals surface area contributed by atoms with Crippen LogP contribution in [0.3, 0.4) is 0 Å². The molecule has 0 aliphatic heterocycles. The van der Waals surface area contributed by atoms with E-state index in [1.807, 2.05) is 18.2 Å². The van der Waals surface area contributed by atoms with Crippen LogP contribution in [0.15, 0.2) is 42.6 Å². The normalized spacial score (nSPS) is 10.5.